The van der Waals surface area contributed by atoms with E-state index in [4.69, 9.17) is 11.6 Å². The summed E-state index contributed by atoms with van der Waals surface area (Å²) in [6.45, 7) is 1.65. The smallest absolute Gasteiger partial charge is 0.257 e. The van der Waals surface area contributed by atoms with Gasteiger partial charge in [0, 0.05) is 33.9 Å². The Morgan fingerprint density at radius 3 is 2.03 bits per heavy atom. The molecule has 0 saturated heterocycles. The highest BCUT2D eigenvalue weighted by atomic mass is 35.5. The first-order valence-electron chi connectivity index (χ1n) is 8.35. The molecule has 2 aromatic carbocycles. The minimum absolute atomic E-state index is 0.0489. The van der Waals surface area contributed by atoms with Gasteiger partial charge in [0.1, 0.15) is 0 Å². The third kappa shape index (κ3) is 4.78. The van der Waals surface area contributed by atoms with E-state index in [1.807, 2.05) is 0 Å². The van der Waals surface area contributed by atoms with E-state index < -0.39 is 26.0 Å². The molecule has 0 atom stereocenters. The number of nitrogens with zero attached hydrogens (tertiary/aromatic N) is 2. The molecule has 0 aromatic heterocycles. The molecule has 0 aliphatic heterocycles. The zero-order valence-electron chi connectivity index (χ0n) is 16.6. The van der Waals surface area contributed by atoms with E-state index in [1.165, 1.54) is 52.5 Å². The molecule has 0 fully saturated rings. The summed E-state index contributed by atoms with van der Waals surface area (Å²) in [7, 11) is -1.88. The Kier molecular flexibility index (Phi) is 6.75. The maximum absolute atomic E-state index is 12.7. The molecular formula is C18H22ClN3O5S2. The number of anilines is 1. The van der Waals surface area contributed by atoms with Crippen LogP contribution in [0.3, 0.4) is 0 Å². The van der Waals surface area contributed by atoms with Crippen LogP contribution in [0.15, 0.2) is 46.2 Å². The van der Waals surface area contributed by atoms with Gasteiger partial charge >= 0.3 is 0 Å². The molecule has 0 unspecified atom stereocenters. The van der Waals surface area contributed by atoms with Crippen molar-refractivity contribution in [2.75, 3.05) is 33.5 Å². The highest BCUT2D eigenvalue weighted by Crippen LogP contribution is 2.25. The van der Waals surface area contributed by atoms with Crippen LogP contribution in [-0.4, -0.2) is 59.5 Å². The Bertz CT molecular complexity index is 1160. The van der Waals surface area contributed by atoms with Gasteiger partial charge in [0.05, 0.1) is 20.4 Å². The van der Waals surface area contributed by atoms with Gasteiger partial charge in [-0.1, -0.05) is 17.7 Å². The molecule has 158 valence electrons. The molecule has 0 aliphatic carbocycles. The molecule has 29 heavy (non-hydrogen) atoms. The number of carbonyl (C=O) groups is 1. The molecule has 2 aromatic rings. The second kappa shape index (κ2) is 8.41. The fourth-order valence-electron chi connectivity index (χ4n) is 2.40. The zero-order chi connectivity index (χ0) is 22.1. The van der Waals surface area contributed by atoms with Crippen LogP contribution < -0.4 is 5.32 Å². The number of sulfonamides is 2. The Labute approximate surface area is 176 Å². The van der Waals surface area contributed by atoms with Crippen LogP contribution in [-0.2, 0) is 20.0 Å². The van der Waals surface area contributed by atoms with Crippen LogP contribution in [0.25, 0.3) is 0 Å². The predicted molar refractivity (Wildman–Crippen MR) is 112 cm³/mol. The summed E-state index contributed by atoms with van der Waals surface area (Å²) in [5.74, 6) is -0.664. The van der Waals surface area contributed by atoms with E-state index in [-0.39, 0.29) is 26.1 Å². The van der Waals surface area contributed by atoms with Crippen molar-refractivity contribution in [2.45, 2.75) is 16.7 Å². The number of aryl methyl sites for hydroxylation is 1. The van der Waals surface area contributed by atoms with Gasteiger partial charge < -0.3 is 5.32 Å². The van der Waals surface area contributed by atoms with E-state index in [2.05, 4.69) is 5.32 Å². The molecule has 0 heterocycles. The van der Waals surface area contributed by atoms with Crippen LogP contribution in [0, 0.1) is 6.92 Å². The Balaban J connectivity index is 2.44. The minimum Gasteiger partial charge on any atom is -0.322 e. The fraction of sp³-hybridized carbons (Fsp3) is 0.278. The second-order valence-electron chi connectivity index (χ2n) is 6.65. The topological polar surface area (TPSA) is 104 Å². The van der Waals surface area contributed by atoms with Crippen molar-refractivity contribution in [1.29, 1.82) is 0 Å². The summed E-state index contributed by atoms with van der Waals surface area (Å²) in [6.07, 6.45) is 0. The van der Waals surface area contributed by atoms with Crippen molar-refractivity contribution in [1.82, 2.24) is 8.61 Å². The SMILES string of the molecule is Cc1ccc(NC(=O)c2cc(S(=O)(=O)N(C)C)ccc2Cl)cc1S(=O)(=O)N(C)C. The Morgan fingerprint density at radius 2 is 1.48 bits per heavy atom. The van der Waals surface area contributed by atoms with Gasteiger partial charge in [-0.25, -0.2) is 25.4 Å². The lowest BCUT2D eigenvalue weighted by molar-refractivity contribution is 0.102. The number of rotatable bonds is 6. The van der Waals surface area contributed by atoms with Gasteiger partial charge in [0.25, 0.3) is 5.91 Å². The number of carbonyl (C=O) groups excluding carboxylic acids is 1. The summed E-state index contributed by atoms with van der Waals surface area (Å²) < 4.78 is 51.6. The minimum atomic E-state index is -3.75. The average molecular weight is 460 g/mol. The molecule has 8 nitrogen and oxygen atoms in total. The van der Waals surface area contributed by atoms with E-state index in [9.17, 15) is 21.6 Å². The average Bonchev–Trinajstić information content (AvgIpc) is 2.62. The molecule has 1 N–H and O–H groups in total. The van der Waals surface area contributed by atoms with Gasteiger partial charge in [0.2, 0.25) is 20.0 Å². The van der Waals surface area contributed by atoms with Crippen molar-refractivity contribution in [3.05, 3.63) is 52.5 Å². The van der Waals surface area contributed by atoms with Crippen molar-refractivity contribution in [2.24, 2.45) is 0 Å². The maximum atomic E-state index is 12.7. The number of benzene rings is 2. The molecule has 0 bridgehead atoms. The van der Waals surface area contributed by atoms with Gasteiger partial charge in [0.15, 0.2) is 0 Å². The van der Waals surface area contributed by atoms with Crippen LogP contribution in [0.2, 0.25) is 5.02 Å². The number of hydrogen-bond donors (Lipinski definition) is 1. The molecule has 0 aliphatic rings. The molecule has 0 spiro atoms. The number of amides is 1. The van der Waals surface area contributed by atoms with Crippen LogP contribution in [0.1, 0.15) is 15.9 Å². The first-order valence-corrected chi connectivity index (χ1v) is 11.6. The van der Waals surface area contributed by atoms with Gasteiger partial charge in [-0.2, -0.15) is 0 Å². The highest BCUT2D eigenvalue weighted by molar-refractivity contribution is 7.89. The molecule has 0 saturated carbocycles. The second-order valence-corrected chi connectivity index (χ2v) is 11.3. The molecular weight excluding hydrogens is 438 g/mol. The largest absolute Gasteiger partial charge is 0.322 e. The maximum Gasteiger partial charge on any atom is 0.257 e. The zero-order valence-corrected chi connectivity index (χ0v) is 19.0. The third-order valence-electron chi connectivity index (χ3n) is 4.17. The Hall–Kier alpha value is -1.98. The van der Waals surface area contributed by atoms with Crippen LogP contribution in [0.4, 0.5) is 5.69 Å². The lowest BCUT2D eigenvalue weighted by Crippen LogP contribution is -2.23. The first kappa shape index (κ1) is 23.3. The van der Waals surface area contributed by atoms with E-state index in [1.54, 1.807) is 19.1 Å². The predicted octanol–water partition coefficient (Wildman–Crippen LogP) is 2.40. The number of halogens is 1. The summed E-state index contributed by atoms with van der Waals surface area (Å²) in [5.41, 5.74) is 0.707. The molecule has 0 radical (unpaired) electrons. The van der Waals surface area contributed by atoms with Gasteiger partial charge in [-0.3, -0.25) is 4.79 Å². The first-order chi connectivity index (χ1) is 13.3. The summed E-state index contributed by atoms with van der Waals surface area (Å²) >= 11 is 6.09. The van der Waals surface area contributed by atoms with Crippen LogP contribution >= 0.6 is 11.6 Å². The highest BCUT2D eigenvalue weighted by Gasteiger charge is 2.23. The van der Waals surface area contributed by atoms with Crippen molar-refractivity contribution < 1.29 is 21.6 Å². The number of hydrogen-bond acceptors (Lipinski definition) is 5. The summed E-state index contributed by atoms with van der Waals surface area (Å²) in [5, 5.41) is 2.63. The number of nitrogens with one attached hydrogen (secondary N) is 1. The Morgan fingerprint density at radius 1 is 0.897 bits per heavy atom. The van der Waals surface area contributed by atoms with Crippen molar-refractivity contribution >= 4 is 43.2 Å². The summed E-state index contributed by atoms with van der Waals surface area (Å²) in [4.78, 5) is 12.7. The summed E-state index contributed by atoms with van der Waals surface area (Å²) in [6, 6.07) is 8.28. The van der Waals surface area contributed by atoms with E-state index >= 15 is 0 Å². The van der Waals surface area contributed by atoms with Crippen LogP contribution in [0.5, 0.6) is 0 Å². The normalized spacial score (nSPS) is 12.4. The molecule has 1 amide bonds. The lowest BCUT2D eigenvalue weighted by atomic mass is 10.2. The lowest BCUT2D eigenvalue weighted by Gasteiger charge is -2.16. The van der Waals surface area contributed by atoms with Gasteiger partial charge in [-0.15, -0.1) is 0 Å². The van der Waals surface area contributed by atoms with E-state index in [0.29, 0.717) is 5.56 Å². The fourth-order valence-corrected chi connectivity index (χ4v) is 4.68. The quantitative estimate of drug-likeness (QED) is 0.714. The van der Waals surface area contributed by atoms with Gasteiger partial charge in [-0.05, 0) is 42.8 Å². The molecule has 11 heteroatoms. The standard InChI is InChI=1S/C18H22ClN3O5S2/c1-12-6-7-13(10-17(12)29(26,27)22(4)5)20-18(23)15-11-14(8-9-16(15)19)28(24,25)21(2)3/h6-11H,1-5H3,(H,20,23). The van der Waals surface area contributed by atoms with Crippen molar-refractivity contribution in [3.63, 3.8) is 0 Å². The molecule has 2 rings (SSSR count). The van der Waals surface area contributed by atoms with Crippen molar-refractivity contribution in [3.8, 4) is 0 Å². The van der Waals surface area contributed by atoms with E-state index in [0.717, 1.165) is 8.61 Å². The monoisotopic (exact) mass is 459 g/mol. The third-order valence-corrected chi connectivity index (χ3v) is 8.26.